The molecule has 0 radical (unpaired) electrons. The summed E-state index contributed by atoms with van der Waals surface area (Å²) < 4.78 is 27.6. The summed E-state index contributed by atoms with van der Waals surface area (Å²) in [4.78, 5) is 0. The molecule has 1 atom stereocenters. The van der Waals surface area contributed by atoms with Gasteiger partial charge in [-0.2, -0.15) is 0 Å². The molecule has 8 heteroatoms. The van der Waals surface area contributed by atoms with Gasteiger partial charge in [0.25, 0.3) is 0 Å². The SMILES string of the molecule is O=S(=O)(NC[C@H](O)C1CCC(NCc2ccccc2)CC1)c1ccc(Cl)s1. The number of rotatable bonds is 8. The lowest BCUT2D eigenvalue weighted by atomic mass is 9.82. The Morgan fingerprint density at radius 3 is 2.44 bits per heavy atom. The molecule has 2 aromatic rings. The fraction of sp³-hybridized carbons (Fsp3) is 0.474. The minimum atomic E-state index is -3.61. The van der Waals surface area contributed by atoms with Crippen LogP contribution in [0, 0.1) is 5.92 Å². The second kappa shape index (κ2) is 9.49. The van der Waals surface area contributed by atoms with E-state index < -0.39 is 16.1 Å². The maximum Gasteiger partial charge on any atom is 0.250 e. The molecule has 0 bridgehead atoms. The van der Waals surface area contributed by atoms with E-state index in [1.165, 1.54) is 11.6 Å². The molecule has 0 spiro atoms. The first-order valence-electron chi connectivity index (χ1n) is 9.14. The average Bonchev–Trinajstić information content (AvgIpc) is 3.13. The third-order valence-corrected chi connectivity index (χ3v) is 8.20. The number of sulfonamides is 1. The lowest BCUT2D eigenvalue weighted by Crippen LogP contribution is -2.40. The second-order valence-corrected chi connectivity index (χ2v) is 10.7. The second-order valence-electron chi connectivity index (χ2n) is 6.96. The Morgan fingerprint density at radius 2 is 1.81 bits per heavy atom. The van der Waals surface area contributed by atoms with Crippen LogP contribution in [0.1, 0.15) is 31.2 Å². The summed E-state index contributed by atoms with van der Waals surface area (Å²) in [6.45, 7) is 0.881. The molecule has 1 aromatic carbocycles. The van der Waals surface area contributed by atoms with Crippen LogP contribution in [0.2, 0.25) is 4.34 Å². The van der Waals surface area contributed by atoms with Crippen LogP contribution in [0.5, 0.6) is 0 Å². The van der Waals surface area contributed by atoms with Crippen molar-refractivity contribution in [3.05, 3.63) is 52.4 Å². The van der Waals surface area contributed by atoms with Crippen molar-refractivity contribution < 1.29 is 13.5 Å². The van der Waals surface area contributed by atoms with Gasteiger partial charge >= 0.3 is 0 Å². The van der Waals surface area contributed by atoms with Crippen LogP contribution in [0.4, 0.5) is 0 Å². The van der Waals surface area contributed by atoms with Gasteiger partial charge in [-0.15, -0.1) is 11.3 Å². The van der Waals surface area contributed by atoms with E-state index in [2.05, 4.69) is 22.2 Å². The predicted octanol–water partition coefficient (Wildman–Crippen LogP) is 3.39. The van der Waals surface area contributed by atoms with Gasteiger partial charge in [0.15, 0.2) is 0 Å². The largest absolute Gasteiger partial charge is 0.391 e. The van der Waals surface area contributed by atoms with E-state index in [1.54, 1.807) is 6.07 Å². The van der Waals surface area contributed by atoms with Crippen molar-refractivity contribution in [3.8, 4) is 0 Å². The Balaban J connectivity index is 1.41. The number of aliphatic hydroxyl groups is 1. The average molecular weight is 429 g/mol. The maximum atomic E-state index is 12.2. The van der Waals surface area contributed by atoms with Crippen molar-refractivity contribution in [2.75, 3.05) is 6.54 Å². The Bertz CT molecular complexity index is 818. The van der Waals surface area contributed by atoms with Gasteiger partial charge in [-0.3, -0.25) is 0 Å². The summed E-state index contributed by atoms with van der Waals surface area (Å²) >= 11 is 6.81. The lowest BCUT2D eigenvalue weighted by Gasteiger charge is -2.32. The van der Waals surface area contributed by atoms with Crippen LogP contribution in [0.3, 0.4) is 0 Å². The van der Waals surface area contributed by atoms with Crippen LogP contribution < -0.4 is 10.0 Å². The molecule has 3 N–H and O–H groups in total. The van der Waals surface area contributed by atoms with E-state index in [0.29, 0.717) is 10.4 Å². The molecule has 0 aliphatic heterocycles. The molecule has 1 aromatic heterocycles. The molecular formula is C19H25ClN2O3S2. The van der Waals surface area contributed by atoms with Gasteiger partial charge in [0.2, 0.25) is 10.0 Å². The minimum Gasteiger partial charge on any atom is -0.391 e. The molecule has 1 fully saturated rings. The molecule has 0 amide bonds. The van der Waals surface area contributed by atoms with E-state index in [0.717, 1.165) is 43.6 Å². The van der Waals surface area contributed by atoms with Crippen LogP contribution in [-0.4, -0.2) is 32.2 Å². The van der Waals surface area contributed by atoms with Crippen LogP contribution in [0.15, 0.2) is 46.7 Å². The van der Waals surface area contributed by atoms with Crippen LogP contribution >= 0.6 is 22.9 Å². The van der Waals surface area contributed by atoms with Gasteiger partial charge in [0.05, 0.1) is 10.4 Å². The van der Waals surface area contributed by atoms with Gasteiger partial charge in [0.1, 0.15) is 4.21 Å². The van der Waals surface area contributed by atoms with Gasteiger partial charge in [-0.25, -0.2) is 13.1 Å². The van der Waals surface area contributed by atoms with Crippen molar-refractivity contribution in [2.45, 2.75) is 48.6 Å². The number of benzene rings is 1. The summed E-state index contributed by atoms with van der Waals surface area (Å²) in [7, 11) is -3.61. The molecular weight excluding hydrogens is 404 g/mol. The maximum absolute atomic E-state index is 12.2. The molecule has 1 aliphatic rings. The molecule has 0 saturated heterocycles. The van der Waals surface area contributed by atoms with Crippen molar-refractivity contribution in [3.63, 3.8) is 0 Å². The highest BCUT2D eigenvalue weighted by Crippen LogP contribution is 2.28. The number of aliphatic hydroxyl groups excluding tert-OH is 1. The summed E-state index contributed by atoms with van der Waals surface area (Å²) in [6.07, 6.45) is 3.08. The molecule has 1 aliphatic carbocycles. The Kier molecular flexibility index (Phi) is 7.30. The number of thiophene rings is 1. The van der Waals surface area contributed by atoms with E-state index in [-0.39, 0.29) is 16.7 Å². The van der Waals surface area contributed by atoms with Crippen molar-refractivity contribution >= 4 is 33.0 Å². The van der Waals surface area contributed by atoms with E-state index >= 15 is 0 Å². The fourth-order valence-electron chi connectivity index (χ4n) is 3.44. The molecule has 3 rings (SSSR count). The molecule has 1 saturated carbocycles. The highest BCUT2D eigenvalue weighted by atomic mass is 35.5. The smallest absolute Gasteiger partial charge is 0.250 e. The summed E-state index contributed by atoms with van der Waals surface area (Å²) in [6, 6.07) is 13.8. The topological polar surface area (TPSA) is 78.4 Å². The highest BCUT2D eigenvalue weighted by Gasteiger charge is 2.27. The molecule has 27 heavy (non-hydrogen) atoms. The first-order valence-corrected chi connectivity index (χ1v) is 11.8. The zero-order chi connectivity index (χ0) is 19.3. The van der Waals surface area contributed by atoms with Crippen molar-refractivity contribution in [1.82, 2.24) is 10.0 Å². The van der Waals surface area contributed by atoms with Crippen molar-refractivity contribution in [2.24, 2.45) is 5.92 Å². The molecule has 0 unspecified atom stereocenters. The zero-order valence-corrected chi connectivity index (χ0v) is 17.4. The minimum absolute atomic E-state index is 0.0324. The fourth-order valence-corrected chi connectivity index (χ4v) is 6.02. The monoisotopic (exact) mass is 428 g/mol. The number of hydrogen-bond donors (Lipinski definition) is 3. The quantitative estimate of drug-likeness (QED) is 0.602. The predicted molar refractivity (Wildman–Crippen MR) is 110 cm³/mol. The van der Waals surface area contributed by atoms with Gasteiger partial charge in [-0.1, -0.05) is 41.9 Å². The Morgan fingerprint density at radius 1 is 1.11 bits per heavy atom. The first-order chi connectivity index (χ1) is 12.9. The van der Waals surface area contributed by atoms with E-state index in [9.17, 15) is 13.5 Å². The number of halogens is 1. The summed E-state index contributed by atoms with van der Waals surface area (Å²) in [5.74, 6) is 0.120. The molecule has 5 nitrogen and oxygen atoms in total. The van der Waals surface area contributed by atoms with Crippen molar-refractivity contribution in [1.29, 1.82) is 0 Å². The van der Waals surface area contributed by atoms with E-state index in [4.69, 9.17) is 11.6 Å². The number of hydrogen-bond acceptors (Lipinski definition) is 5. The number of nitrogens with one attached hydrogen (secondary N) is 2. The third kappa shape index (κ3) is 6.01. The van der Waals surface area contributed by atoms with Gasteiger partial charge in [0, 0.05) is 19.1 Å². The zero-order valence-electron chi connectivity index (χ0n) is 15.0. The normalized spacial score (nSPS) is 21.9. The Hall–Kier alpha value is -0.960. The highest BCUT2D eigenvalue weighted by molar-refractivity contribution is 7.91. The van der Waals surface area contributed by atoms with Gasteiger partial charge < -0.3 is 10.4 Å². The molecule has 1 heterocycles. The summed E-state index contributed by atoms with van der Waals surface area (Å²) in [5.41, 5.74) is 1.27. The third-order valence-electron chi connectivity index (χ3n) is 5.05. The standard InChI is InChI=1S/C19H25ClN2O3S2/c20-18-10-11-19(26-18)27(24,25)22-13-17(23)15-6-8-16(9-7-15)21-12-14-4-2-1-3-5-14/h1-5,10-11,15-17,21-23H,6-9,12-13H2/t15?,16?,17-/m0/s1. The first kappa shape index (κ1) is 20.8. The van der Waals surface area contributed by atoms with Crippen LogP contribution in [0.25, 0.3) is 0 Å². The lowest BCUT2D eigenvalue weighted by molar-refractivity contribution is 0.0820. The van der Waals surface area contributed by atoms with E-state index in [1.807, 2.05) is 18.2 Å². The molecule has 148 valence electrons. The summed E-state index contributed by atoms with van der Waals surface area (Å²) in [5, 5.41) is 14.0. The van der Waals surface area contributed by atoms with Gasteiger partial charge in [-0.05, 0) is 49.3 Å². The van der Waals surface area contributed by atoms with Crippen LogP contribution in [-0.2, 0) is 16.6 Å². The Labute approximate surface area is 169 Å².